The standard InChI is InChI=1S/C13H15ClFN5/c14-9-2-1-3-10(15)11(9)12-17-13(19-18-12)20-6-4-8(16)5-7-20/h1-3,8H,4-7,16H2,(H,17,18,19). The van der Waals surface area contributed by atoms with Gasteiger partial charge in [-0.25, -0.2) is 4.39 Å². The number of hydrogen-bond donors (Lipinski definition) is 2. The Morgan fingerprint density at radius 1 is 1.35 bits per heavy atom. The number of nitrogens with two attached hydrogens (primary N) is 1. The zero-order valence-corrected chi connectivity index (χ0v) is 11.6. The lowest BCUT2D eigenvalue weighted by Crippen LogP contribution is -2.40. The molecule has 0 bridgehead atoms. The number of aromatic amines is 1. The average Bonchev–Trinajstić information content (AvgIpc) is 2.89. The van der Waals surface area contributed by atoms with Crippen LogP contribution in [0.25, 0.3) is 11.4 Å². The summed E-state index contributed by atoms with van der Waals surface area (Å²) < 4.78 is 13.8. The smallest absolute Gasteiger partial charge is 0.245 e. The highest BCUT2D eigenvalue weighted by atomic mass is 35.5. The number of aromatic nitrogens is 3. The summed E-state index contributed by atoms with van der Waals surface area (Å²) in [6, 6.07) is 4.78. The predicted molar refractivity (Wildman–Crippen MR) is 76.2 cm³/mol. The van der Waals surface area contributed by atoms with Crippen LogP contribution in [0.2, 0.25) is 5.02 Å². The van der Waals surface area contributed by atoms with Gasteiger partial charge in [0, 0.05) is 19.1 Å². The second kappa shape index (κ2) is 5.38. The van der Waals surface area contributed by atoms with E-state index >= 15 is 0 Å². The molecular weight excluding hydrogens is 281 g/mol. The number of halogens is 2. The van der Waals surface area contributed by atoms with E-state index < -0.39 is 5.82 Å². The highest BCUT2D eigenvalue weighted by Gasteiger charge is 2.21. The molecule has 106 valence electrons. The normalized spacial score (nSPS) is 16.6. The van der Waals surface area contributed by atoms with Crippen LogP contribution in [0.1, 0.15) is 12.8 Å². The van der Waals surface area contributed by atoms with Gasteiger partial charge in [0.15, 0.2) is 5.82 Å². The van der Waals surface area contributed by atoms with E-state index in [-0.39, 0.29) is 11.6 Å². The summed E-state index contributed by atoms with van der Waals surface area (Å²) in [6.45, 7) is 1.62. The number of benzene rings is 1. The first-order chi connectivity index (χ1) is 9.65. The molecule has 7 heteroatoms. The summed E-state index contributed by atoms with van der Waals surface area (Å²) in [4.78, 5) is 6.38. The summed E-state index contributed by atoms with van der Waals surface area (Å²) in [5.74, 6) is 0.491. The van der Waals surface area contributed by atoms with E-state index in [4.69, 9.17) is 17.3 Å². The van der Waals surface area contributed by atoms with Crippen molar-refractivity contribution >= 4 is 17.5 Å². The third kappa shape index (κ3) is 2.48. The lowest BCUT2D eigenvalue weighted by atomic mass is 10.1. The maximum absolute atomic E-state index is 13.8. The Kier molecular flexibility index (Phi) is 3.58. The lowest BCUT2D eigenvalue weighted by Gasteiger charge is -2.28. The van der Waals surface area contributed by atoms with Gasteiger partial charge in [-0.1, -0.05) is 17.7 Å². The fourth-order valence-electron chi connectivity index (χ4n) is 2.33. The van der Waals surface area contributed by atoms with Crippen LogP contribution in [0, 0.1) is 5.82 Å². The van der Waals surface area contributed by atoms with Crippen LogP contribution in [0.5, 0.6) is 0 Å². The molecule has 3 rings (SSSR count). The quantitative estimate of drug-likeness (QED) is 0.891. The molecule has 1 aliphatic heterocycles. The van der Waals surface area contributed by atoms with E-state index in [1.807, 2.05) is 4.90 Å². The van der Waals surface area contributed by atoms with Crippen molar-refractivity contribution in [2.45, 2.75) is 18.9 Å². The zero-order valence-electron chi connectivity index (χ0n) is 10.8. The minimum Gasteiger partial charge on any atom is -0.339 e. The molecule has 1 aliphatic rings. The summed E-state index contributed by atoms with van der Waals surface area (Å²) in [7, 11) is 0. The van der Waals surface area contributed by atoms with E-state index in [2.05, 4.69) is 15.2 Å². The molecule has 0 aliphatic carbocycles. The number of nitrogens with zero attached hydrogens (tertiary/aromatic N) is 3. The molecular formula is C13H15ClFN5. The Hall–Kier alpha value is -1.66. The molecule has 3 N–H and O–H groups in total. The third-order valence-electron chi connectivity index (χ3n) is 3.50. The lowest BCUT2D eigenvalue weighted by molar-refractivity contribution is 0.496. The van der Waals surface area contributed by atoms with Crippen LogP contribution < -0.4 is 10.6 Å². The highest BCUT2D eigenvalue weighted by molar-refractivity contribution is 6.33. The topological polar surface area (TPSA) is 70.8 Å². The van der Waals surface area contributed by atoms with Crippen LogP contribution in [0.15, 0.2) is 18.2 Å². The molecule has 0 amide bonds. The summed E-state index contributed by atoms with van der Waals surface area (Å²) >= 11 is 6.02. The molecule has 2 heterocycles. The predicted octanol–water partition coefficient (Wildman–Crippen LogP) is 2.19. The van der Waals surface area contributed by atoms with Gasteiger partial charge in [-0.15, -0.1) is 5.10 Å². The van der Waals surface area contributed by atoms with E-state index in [9.17, 15) is 4.39 Å². The molecule has 5 nitrogen and oxygen atoms in total. The zero-order chi connectivity index (χ0) is 14.1. The number of nitrogens with one attached hydrogen (secondary N) is 1. The number of hydrogen-bond acceptors (Lipinski definition) is 4. The van der Waals surface area contributed by atoms with Crippen molar-refractivity contribution in [1.82, 2.24) is 15.2 Å². The van der Waals surface area contributed by atoms with Crippen LogP contribution in [0.4, 0.5) is 10.3 Å². The number of rotatable bonds is 2. The van der Waals surface area contributed by atoms with Crippen molar-refractivity contribution < 1.29 is 4.39 Å². The third-order valence-corrected chi connectivity index (χ3v) is 3.81. The second-order valence-electron chi connectivity index (χ2n) is 4.91. The van der Waals surface area contributed by atoms with Crippen LogP contribution >= 0.6 is 11.6 Å². The van der Waals surface area contributed by atoms with Gasteiger partial charge in [0.05, 0.1) is 10.6 Å². The minimum atomic E-state index is -0.416. The van der Waals surface area contributed by atoms with Gasteiger partial charge in [0.2, 0.25) is 5.95 Å². The Morgan fingerprint density at radius 3 is 2.80 bits per heavy atom. The average molecular weight is 296 g/mol. The van der Waals surface area contributed by atoms with Gasteiger partial charge in [-0.2, -0.15) is 4.98 Å². The van der Waals surface area contributed by atoms with Gasteiger partial charge >= 0.3 is 0 Å². The number of piperidine rings is 1. The van der Waals surface area contributed by atoms with Crippen molar-refractivity contribution in [2.75, 3.05) is 18.0 Å². The first-order valence-electron chi connectivity index (χ1n) is 6.52. The monoisotopic (exact) mass is 295 g/mol. The van der Waals surface area contributed by atoms with Gasteiger partial charge in [0.25, 0.3) is 0 Å². The van der Waals surface area contributed by atoms with Crippen LogP contribution in [0.3, 0.4) is 0 Å². The summed E-state index contributed by atoms with van der Waals surface area (Å²) in [5, 5.41) is 7.21. The number of anilines is 1. The van der Waals surface area contributed by atoms with Crippen LogP contribution in [-0.4, -0.2) is 34.3 Å². The van der Waals surface area contributed by atoms with Gasteiger partial charge in [-0.05, 0) is 25.0 Å². The van der Waals surface area contributed by atoms with Crippen molar-refractivity contribution in [3.8, 4) is 11.4 Å². The molecule has 0 unspecified atom stereocenters. The van der Waals surface area contributed by atoms with Gasteiger partial charge < -0.3 is 10.6 Å². The Morgan fingerprint density at radius 2 is 2.10 bits per heavy atom. The van der Waals surface area contributed by atoms with E-state index in [0.717, 1.165) is 25.9 Å². The van der Waals surface area contributed by atoms with E-state index in [0.29, 0.717) is 16.8 Å². The van der Waals surface area contributed by atoms with E-state index in [1.165, 1.54) is 6.07 Å². The molecule has 1 saturated heterocycles. The largest absolute Gasteiger partial charge is 0.339 e. The Bertz CT molecular complexity index is 586. The molecule has 20 heavy (non-hydrogen) atoms. The molecule has 0 saturated carbocycles. The van der Waals surface area contributed by atoms with Crippen molar-refractivity contribution in [3.63, 3.8) is 0 Å². The first kappa shape index (κ1) is 13.3. The van der Waals surface area contributed by atoms with Crippen molar-refractivity contribution in [2.24, 2.45) is 5.73 Å². The molecule has 1 fully saturated rings. The number of H-pyrrole nitrogens is 1. The molecule has 1 aromatic heterocycles. The first-order valence-corrected chi connectivity index (χ1v) is 6.90. The summed E-state index contributed by atoms with van der Waals surface area (Å²) in [6.07, 6.45) is 1.81. The fourth-order valence-corrected chi connectivity index (χ4v) is 2.58. The molecule has 1 aromatic carbocycles. The van der Waals surface area contributed by atoms with Gasteiger partial charge in [0.1, 0.15) is 5.82 Å². The van der Waals surface area contributed by atoms with Crippen molar-refractivity contribution in [3.05, 3.63) is 29.0 Å². The molecule has 0 spiro atoms. The molecule has 0 atom stereocenters. The maximum atomic E-state index is 13.8. The fraction of sp³-hybridized carbons (Fsp3) is 0.385. The highest BCUT2D eigenvalue weighted by Crippen LogP contribution is 2.29. The van der Waals surface area contributed by atoms with E-state index in [1.54, 1.807) is 12.1 Å². The summed E-state index contributed by atoms with van der Waals surface area (Å²) in [5.41, 5.74) is 6.12. The Balaban J connectivity index is 1.87. The van der Waals surface area contributed by atoms with Gasteiger partial charge in [-0.3, -0.25) is 5.10 Å². The van der Waals surface area contributed by atoms with Crippen LogP contribution in [-0.2, 0) is 0 Å². The maximum Gasteiger partial charge on any atom is 0.245 e. The molecule has 0 radical (unpaired) electrons. The second-order valence-corrected chi connectivity index (χ2v) is 5.31. The minimum absolute atomic E-state index is 0.241. The van der Waals surface area contributed by atoms with Crippen molar-refractivity contribution in [1.29, 1.82) is 0 Å². The SMILES string of the molecule is NC1CCN(c2n[nH]c(-c3c(F)cccc3Cl)n2)CC1. The Labute approximate surface area is 120 Å². The molecule has 2 aromatic rings.